The summed E-state index contributed by atoms with van der Waals surface area (Å²) < 4.78 is 52.2. The first kappa shape index (κ1) is 23.7. The average molecular weight is 476 g/mol. The molecule has 1 saturated heterocycles. The highest BCUT2D eigenvalue weighted by Gasteiger charge is 2.38. The van der Waals surface area contributed by atoms with Gasteiger partial charge in [-0.05, 0) is 50.6 Å². The number of carbonyl (C=O) groups is 1. The highest BCUT2D eigenvalue weighted by atomic mass is 19.4. The molecule has 0 radical (unpaired) electrons. The van der Waals surface area contributed by atoms with E-state index in [1.54, 1.807) is 24.1 Å². The summed E-state index contributed by atoms with van der Waals surface area (Å²) in [4.78, 5) is 36.6. The molecule has 1 amide bonds. The minimum Gasteiger partial charge on any atom is -0.486 e. The highest BCUT2D eigenvalue weighted by molar-refractivity contribution is 5.94. The van der Waals surface area contributed by atoms with Crippen molar-refractivity contribution in [2.24, 2.45) is 0 Å². The second kappa shape index (κ2) is 9.05. The quantitative estimate of drug-likeness (QED) is 0.604. The third kappa shape index (κ3) is 4.74. The Hall–Kier alpha value is -3.47. The van der Waals surface area contributed by atoms with Crippen molar-refractivity contribution < 1.29 is 27.4 Å². The van der Waals surface area contributed by atoms with Gasteiger partial charge in [0.1, 0.15) is 17.7 Å². The number of H-pyrrole nitrogens is 1. The van der Waals surface area contributed by atoms with E-state index in [1.165, 1.54) is 26.0 Å². The summed E-state index contributed by atoms with van der Waals surface area (Å²) in [6, 6.07) is 7.27. The Balaban J connectivity index is 1.58. The molecule has 4 rings (SSSR count). The summed E-state index contributed by atoms with van der Waals surface area (Å²) in [6.07, 6.45) is -5.08. The number of aromatic amines is 1. The lowest BCUT2D eigenvalue weighted by molar-refractivity contribution is -0.142. The molecular weight excluding hydrogens is 453 g/mol. The summed E-state index contributed by atoms with van der Waals surface area (Å²) >= 11 is 0. The van der Waals surface area contributed by atoms with Crippen LogP contribution in [0.4, 0.5) is 13.2 Å². The molecule has 1 aliphatic rings. The van der Waals surface area contributed by atoms with Gasteiger partial charge in [-0.15, -0.1) is 0 Å². The van der Waals surface area contributed by atoms with Crippen LogP contribution in [0.25, 0.3) is 11.0 Å². The first-order valence-electron chi connectivity index (χ1n) is 10.6. The number of amides is 1. The molecule has 8 nitrogen and oxygen atoms in total. The molecule has 1 fully saturated rings. The molecule has 3 aromatic rings. The predicted octanol–water partition coefficient (Wildman–Crippen LogP) is 3.65. The predicted molar refractivity (Wildman–Crippen MR) is 117 cm³/mol. The molecule has 1 aromatic carbocycles. The standard InChI is InChI=1S/C23H23F3N4O4/c1-12(17-10-18-20(27-13(2)28-21(18)31)29-19(17)23(24,25)26)34-15-6-4-14(5-7-15)22(32)30-9-8-16(11-30)33-3/h4-7,10,12,16H,8-9,11H2,1-3H3,(H,27,28,29,31)/t12-,16-/m0/s1. The van der Waals surface area contributed by atoms with Crippen LogP contribution in [-0.4, -0.2) is 52.1 Å². The molecule has 0 saturated carbocycles. The van der Waals surface area contributed by atoms with Crippen LogP contribution in [0.1, 0.15) is 46.9 Å². The van der Waals surface area contributed by atoms with Crippen molar-refractivity contribution in [2.45, 2.75) is 38.7 Å². The normalized spacial score (nSPS) is 17.2. The van der Waals surface area contributed by atoms with Gasteiger partial charge in [0, 0.05) is 31.3 Å². The third-order valence-corrected chi connectivity index (χ3v) is 5.73. The lowest BCUT2D eigenvalue weighted by atomic mass is 10.1. The molecule has 0 unspecified atom stereocenters. The number of rotatable bonds is 5. The number of aromatic nitrogens is 3. The third-order valence-electron chi connectivity index (χ3n) is 5.73. The smallest absolute Gasteiger partial charge is 0.433 e. The van der Waals surface area contributed by atoms with Crippen LogP contribution in [0.5, 0.6) is 5.75 Å². The summed E-state index contributed by atoms with van der Waals surface area (Å²) in [7, 11) is 1.61. The Labute approximate surface area is 192 Å². The van der Waals surface area contributed by atoms with E-state index in [4.69, 9.17) is 9.47 Å². The van der Waals surface area contributed by atoms with E-state index >= 15 is 0 Å². The Kier molecular flexibility index (Phi) is 6.30. The van der Waals surface area contributed by atoms with Gasteiger partial charge in [-0.1, -0.05) is 0 Å². The highest BCUT2D eigenvalue weighted by Crippen LogP contribution is 2.36. The van der Waals surface area contributed by atoms with E-state index < -0.39 is 23.5 Å². The molecule has 180 valence electrons. The number of hydrogen-bond acceptors (Lipinski definition) is 6. The number of benzene rings is 1. The monoisotopic (exact) mass is 476 g/mol. The van der Waals surface area contributed by atoms with Crippen LogP contribution in [0.15, 0.2) is 35.1 Å². The van der Waals surface area contributed by atoms with Crippen LogP contribution < -0.4 is 10.3 Å². The van der Waals surface area contributed by atoms with E-state index in [2.05, 4.69) is 15.0 Å². The molecule has 2 atom stereocenters. The van der Waals surface area contributed by atoms with E-state index in [-0.39, 0.29) is 40.2 Å². The Morgan fingerprint density at radius 1 is 1.24 bits per heavy atom. The zero-order valence-electron chi connectivity index (χ0n) is 18.8. The van der Waals surface area contributed by atoms with Crippen molar-refractivity contribution in [3.05, 3.63) is 63.3 Å². The Bertz CT molecular complexity index is 1270. The molecule has 0 bridgehead atoms. The number of hydrogen-bond donors (Lipinski definition) is 1. The van der Waals surface area contributed by atoms with E-state index in [9.17, 15) is 22.8 Å². The topological polar surface area (TPSA) is 97.4 Å². The van der Waals surface area contributed by atoms with Gasteiger partial charge in [0.05, 0.1) is 11.5 Å². The summed E-state index contributed by atoms with van der Waals surface area (Å²) in [5, 5.41) is -0.0648. The second-order valence-electron chi connectivity index (χ2n) is 8.13. The maximum absolute atomic E-state index is 13.7. The first-order valence-corrected chi connectivity index (χ1v) is 10.6. The van der Waals surface area contributed by atoms with Gasteiger partial charge in [0.15, 0.2) is 11.3 Å². The van der Waals surface area contributed by atoms with Crippen LogP contribution in [0.2, 0.25) is 0 Å². The Morgan fingerprint density at radius 3 is 2.56 bits per heavy atom. The number of aryl methyl sites for hydroxylation is 1. The zero-order chi connectivity index (χ0) is 24.6. The number of nitrogens with zero attached hydrogens (tertiary/aromatic N) is 3. The van der Waals surface area contributed by atoms with Crippen molar-refractivity contribution >= 4 is 16.9 Å². The van der Waals surface area contributed by atoms with Crippen molar-refractivity contribution in [3.63, 3.8) is 0 Å². The van der Waals surface area contributed by atoms with Gasteiger partial charge < -0.3 is 19.4 Å². The molecule has 1 aliphatic heterocycles. The number of nitrogens with one attached hydrogen (secondary N) is 1. The van der Waals surface area contributed by atoms with Crippen molar-refractivity contribution in [1.29, 1.82) is 0 Å². The summed E-state index contributed by atoms with van der Waals surface area (Å²) in [5.41, 5.74) is -1.90. The van der Waals surface area contributed by atoms with E-state index in [0.29, 0.717) is 18.7 Å². The van der Waals surface area contributed by atoms with Crippen LogP contribution in [0.3, 0.4) is 0 Å². The van der Waals surface area contributed by atoms with Gasteiger partial charge in [-0.3, -0.25) is 9.59 Å². The van der Waals surface area contributed by atoms with Crippen LogP contribution >= 0.6 is 0 Å². The van der Waals surface area contributed by atoms with Crippen molar-refractivity contribution in [2.75, 3.05) is 20.2 Å². The van der Waals surface area contributed by atoms with Gasteiger partial charge in [0.2, 0.25) is 0 Å². The number of alkyl halides is 3. The van der Waals surface area contributed by atoms with Gasteiger partial charge >= 0.3 is 6.18 Å². The molecule has 0 spiro atoms. The molecule has 2 aromatic heterocycles. The molecule has 3 heterocycles. The lowest BCUT2D eigenvalue weighted by Crippen LogP contribution is -2.29. The molecule has 34 heavy (non-hydrogen) atoms. The maximum atomic E-state index is 13.7. The minimum absolute atomic E-state index is 0.0112. The minimum atomic E-state index is -4.77. The van der Waals surface area contributed by atoms with Gasteiger partial charge in [-0.2, -0.15) is 13.2 Å². The maximum Gasteiger partial charge on any atom is 0.433 e. The summed E-state index contributed by atoms with van der Waals surface area (Å²) in [5.74, 6) is 0.278. The van der Waals surface area contributed by atoms with E-state index in [1.807, 2.05) is 0 Å². The average Bonchev–Trinajstić information content (AvgIpc) is 3.27. The Morgan fingerprint density at radius 2 is 1.94 bits per heavy atom. The molecule has 0 aliphatic carbocycles. The number of fused-ring (bicyclic) bond motifs is 1. The fourth-order valence-corrected chi connectivity index (χ4v) is 3.96. The van der Waals surface area contributed by atoms with Crippen molar-refractivity contribution in [1.82, 2.24) is 19.9 Å². The fourth-order valence-electron chi connectivity index (χ4n) is 3.96. The second-order valence-corrected chi connectivity index (χ2v) is 8.13. The number of methoxy groups -OCH3 is 1. The lowest BCUT2D eigenvalue weighted by Gasteiger charge is -2.20. The zero-order valence-corrected chi connectivity index (χ0v) is 18.8. The number of pyridine rings is 1. The number of halogens is 3. The molecule has 1 N–H and O–H groups in total. The van der Waals surface area contributed by atoms with Gasteiger partial charge in [0.25, 0.3) is 11.5 Å². The largest absolute Gasteiger partial charge is 0.486 e. The van der Waals surface area contributed by atoms with E-state index in [0.717, 1.165) is 12.5 Å². The van der Waals surface area contributed by atoms with Crippen LogP contribution in [-0.2, 0) is 10.9 Å². The molecular formula is C23H23F3N4O4. The fraction of sp³-hybridized carbons (Fsp3) is 0.391. The molecule has 11 heteroatoms. The van der Waals surface area contributed by atoms with Crippen molar-refractivity contribution in [3.8, 4) is 5.75 Å². The number of carbonyl (C=O) groups excluding carboxylic acids is 1. The first-order chi connectivity index (χ1) is 16.1. The SMILES string of the molecule is CO[C@H]1CCN(C(=O)c2ccc(O[C@@H](C)c3cc4c(=O)[nH]c(C)nc4nc3C(F)(F)F)cc2)C1. The number of likely N-dealkylation sites (tertiary alicyclic amines) is 1. The number of ether oxygens (including phenoxy) is 2. The summed E-state index contributed by atoms with van der Waals surface area (Å²) in [6.45, 7) is 3.99. The van der Waals surface area contributed by atoms with Gasteiger partial charge in [-0.25, -0.2) is 9.97 Å². The van der Waals surface area contributed by atoms with Crippen LogP contribution in [0, 0.1) is 6.92 Å².